The minimum Gasteiger partial charge on any atom is -0.464 e. The zero-order valence-electron chi connectivity index (χ0n) is 12.0. The molecule has 0 saturated heterocycles. The Morgan fingerprint density at radius 1 is 1.57 bits per heavy atom. The van der Waals surface area contributed by atoms with E-state index in [0.717, 1.165) is 11.3 Å². The SMILES string of the molecule is Cc1cc(-c2ccco2)c2c(N/N=C(\C#N)C(N)=O)[nH]nc2n1. The number of aromatic amines is 1. The van der Waals surface area contributed by atoms with Crippen LogP contribution >= 0.6 is 0 Å². The number of aromatic nitrogens is 3. The van der Waals surface area contributed by atoms with E-state index in [2.05, 4.69) is 25.7 Å². The summed E-state index contributed by atoms with van der Waals surface area (Å²) >= 11 is 0. The van der Waals surface area contributed by atoms with E-state index in [-0.39, 0.29) is 0 Å². The van der Waals surface area contributed by atoms with E-state index in [1.54, 1.807) is 24.5 Å². The number of nitrogens with zero attached hydrogens (tertiary/aromatic N) is 4. The summed E-state index contributed by atoms with van der Waals surface area (Å²) in [6.07, 6.45) is 1.56. The van der Waals surface area contributed by atoms with E-state index in [9.17, 15) is 4.79 Å². The molecule has 3 aromatic heterocycles. The molecule has 0 saturated carbocycles. The standard InChI is InChI=1S/C14H11N7O2/c1-7-5-8(10-3-2-4-23-10)11-13(17-7)19-21-14(11)20-18-9(6-15)12(16)22/h2-5H,1H3,(H2,16,22)(H2,17,19,20,21)/b18-9+. The summed E-state index contributed by atoms with van der Waals surface area (Å²) in [6.45, 7) is 1.84. The van der Waals surface area contributed by atoms with Crippen LogP contribution in [0.1, 0.15) is 5.69 Å². The summed E-state index contributed by atoms with van der Waals surface area (Å²) in [5, 5.41) is 19.9. The Balaban J connectivity index is 2.13. The first kappa shape index (κ1) is 14.3. The van der Waals surface area contributed by atoms with E-state index in [1.165, 1.54) is 0 Å². The molecule has 0 aliphatic carbocycles. The molecule has 9 heteroatoms. The minimum atomic E-state index is -0.927. The van der Waals surface area contributed by atoms with Gasteiger partial charge in [0, 0.05) is 11.3 Å². The smallest absolute Gasteiger partial charge is 0.280 e. The molecule has 3 heterocycles. The van der Waals surface area contributed by atoms with Crippen molar-refractivity contribution in [3.8, 4) is 17.4 Å². The number of H-pyrrole nitrogens is 1. The number of primary amides is 1. The lowest BCUT2D eigenvalue weighted by Crippen LogP contribution is -2.22. The lowest BCUT2D eigenvalue weighted by Gasteiger charge is -2.03. The number of rotatable bonds is 4. The zero-order chi connectivity index (χ0) is 16.4. The van der Waals surface area contributed by atoms with Crippen molar-refractivity contribution < 1.29 is 9.21 Å². The van der Waals surface area contributed by atoms with Crippen molar-refractivity contribution in [2.24, 2.45) is 10.8 Å². The number of carbonyl (C=O) groups excluding carboxylic acids is 1. The molecule has 0 aromatic carbocycles. The number of hydrogen-bond acceptors (Lipinski definition) is 7. The van der Waals surface area contributed by atoms with Crippen LogP contribution in [0.5, 0.6) is 0 Å². The van der Waals surface area contributed by atoms with Crippen molar-refractivity contribution >= 4 is 28.5 Å². The number of nitrogens with one attached hydrogen (secondary N) is 2. The zero-order valence-corrected chi connectivity index (χ0v) is 12.0. The van der Waals surface area contributed by atoms with Crippen molar-refractivity contribution in [1.29, 1.82) is 5.26 Å². The molecule has 3 aromatic rings. The minimum absolute atomic E-state index is 0.368. The maximum Gasteiger partial charge on any atom is 0.280 e. The Kier molecular flexibility index (Phi) is 3.48. The predicted octanol–water partition coefficient (Wildman–Crippen LogP) is 1.30. The maximum atomic E-state index is 11.0. The second-order valence-corrected chi connectivity index (χ2v) is 4.63. The molecule has 4 N–H and O–H groups in total. The van der Waals surface area contributed by atoms with Gasteiger partial charge < -0.3 is 10.2 Å². The van der Waals surface area contributed by atoms with Crippen LogP contribution < -0.4 is 11.2 Å². The fourth-order valence-corrected chi connectivity index (χ4v) is 2.10. The van der Waals surface area contributed by atoms with Gasteiger partial charge in [0.1, 0.15) is 11.8 Å². The van der Waals surface area contributed by atoms with E-state index in [4.69, 9.17) is 15.4 Å². The van der Waals surface area contributed by atoms with E-state index in [1.807, 2.05) is 13.0 Å². The van der Waals surface area contributed by atoms with Gasteiger partial charge in [0.2, 0.25) is 5.71 Å². The molecule has 0 atom stereocenters. The lowest BCUT2D eigenvalue weighted by molar-refractivity contribution is -0.111. The Morgan fingerprint density at radius 3 is 3.04 bits per heavy atom. The molecule has 3 rings (SSSR count). The second-order valence-electron chi connectivity index (χ2n) is 4.63. The van der Waals surface area contributed by atoms with Crippen molar-refractivity contribution in [3.63, 3.8) is 0 Å². The molecule has 0 aliphatic rings. The molecule has 0 bridgehead atoms. The molecule has 0 aliphatic heterocycles. The third-order valence-electron chi connectivity index (χ3n) is 3.06. The van der Waals surface area contributed by atoms with Gasteiger partial charge in [-0.25, -0.2) is 4.98 Å². The molecule has 0 spiro atoms. The van der Waals surface area contributed by atoms with Crippen LogP contribution in [0.15, 0.2) is 34.0 Å². The highest BCUT2D eigenvalue weighted by Gasteiger charge is 2.16. The summed E-state index contributed by atoms with van der Waals surface area (Å²) < 4.78 is 5.43. The molecule has 23 heavy (non-hydrogen) atoms. The van der Waals surface area contributed by atoms with Gasteiger partial charge in [0.05, 0.1) is 11.6 Å². The Bertz CT molecular complexity index is 948. The maximum absolute atomic E-state index is 11.0. The van der Waals surface area contributed by atoms with Crippen LogP contribution in [-0.2, 0) is 4.79 Å². The molecule has 9 nitrogen and oxygen atoms in total. The average Bonchev–Trinajstić information content (AvgIpc) is 3.16. The number of nitrogens with two attached hydrogens (primary N) is 1. The molecule has 0 fully saturated rings. The van der Waals surface area contributed by atoms with Gasteiger partial charge in [-0.1, -0.05) is 0 Å². The topological polar surface area (TPSA) is 146 Å². The Hall–Kier alpha value is -3.67. The monoisotopic (exact) mass is 309 g/mol. The first-order chi connectivity index (χ1) is 11.1. The third-order valence-corrected chi connectivity index (χ3v) is 3.06. The normalized spacial score (nSPS) is 11.4. The van der Waals surface area contributed by atoms with Crippen molar-refractivity contribution in [3.05, 3.63) is 30.2 Å². The van der Waals surface area contributed by atoms with Crippen molar-refractivity contribution in [2.45, 2.75) is 6.92 Å². The highest BCUT2D eigenvalue weighted by atomic mass is 16.3. The molecular weight excluding hydrogens is 298 g/mol. The largest absolute Gasteiger partial charge is 0.464 e. The van der Waals surface area contributed by atoms with Crippen molar-refractivity contribution in [1.82, 2.24) is 15.2 Å². The number of aryl methyl sites for hydroxylation is 1. The Labute approximate surface area is 129 Å². The number of nitriles is 1. The average molecular weight is 309 g/mol. The summed E-state index contributed by atoms with van der Waals surface area (Å²) in [4.78, 5) is 15.3. The highest BCUT2D eigenvalue weighted by Crippen LogP contribution is 2.32. The molecule has 0 radical (unpaired) electrons. The number of amides is 1. The number of furan rings is 1. The number of fused-ring (bicyclic) bond motifs is 1. The van der Waals surface area contributed by atoms with Crippen LogP contribution in [0.3, 0.4) is 0 Å². The summed E-state index contributed by atoms with van der Waals surface area (Å²) in [5.41, 5.74) is 9.14. The van der Waals surface area contributed by atoms with Crippen LogP contribution in [0, 0.1) is 18.3 Å². The van der Waals surface area contributed by atoms with Gasteiger partial charge in [-0.15, -0.1) is 0 Å². The molecule has 0 unspecified atom stereocenters. The first-order valence-electron chi connectivity index (χ1n) is 6.53. The van der Waals surface area contributed by atoms with Gasteiger partial charge >= 0.3 is 0 Å². The van der Waals surface area contributed by atoms with Crippen LogP contribution in [0.2, 0.25) is 0 Å². The number of carbonyl (C=O) groups is 1. The predicted molar refractivity (Wildman–Crippen MR) is 82.2 cm³/mol. The highest BCUT2D eigenvalue weighted by molar-refractivity contribution is 6.44. The Morgan fingerprint density at radius 2 is 2.39 bits per heavy atom. The van der Waals surface area contributed by atoms with Gasteiger partial charge in [0.15, 0.2) is 11.5 Å². The van der Waals surface area contributed by atoms with Gasteiger partial charge in [-0.05, 0) is 25.1 Å². The second kappa shape index (κ2) is 5.61. The van der Waals surface area contributed by atoms with Crippen LogP contribution in [0.4, 0.5) is 5.82 Å². The van der Waals surface area contributed by atoms with Crippen molar-refractivity contribution in [2.75, 3.05) is 5.43 Å². The summed E-state index contributed by atoms with van der Waals surface area (Å²) in [7, 11) is 0. The fraction of sp³-hybridized carbons (Fsp3) is 0.0714. The van der Waals surface area contributed by atoms with Crippen LogP contribution in [0.25, 0.3) is 22.4 Å². The summed E-state index contributed by atoms with van der Waals surface area (Å²) in [6, 6.07) is 7.02. The summed E-state index contributed by atoms with van der Waals surface area (Å²) in [5.74, 6) is 0.0706. The van der Waals surface area contributed by atoms with E-state index < -0.39 is 11.6 Å². The van der Waals surface area contributed by atoms with E-state index in [0.29, 0.717) is 22.6 Å². The van der Waals surface area contributed by atoms with Gasteiger partial charge in [-0.3, -0.25) is 15.3 Å². The number of hydrazone groups is 1. The first-order valence-corrected chi connectivity index (χ1v) is 6.53. The lowest BCUT2D eigenvalue weighted by atomic mass is 10.1. The number of hydrogen-bond donors (Lipinski definition) is 3. The van der Waals surface area contributed by atoms with E-state index >= 15 is 0 Å². The number of anilines is 1. The number of pyridine rings is 1. The molecule has 1 amide bonds. The quantitative estimate of drug-likeness (QED) is 0.489. The third kappa shape index (κ3) is 2.60. The molecular formula is C14H11N7O2. The fourth-order valence-electron chi connectivity index (χ4n) is 2.10. The van der Waals surface area contributed by atoms with Crippen LogP contribution in [-0.4, -0.2) is 26.8 Å². The molecule has 114 valence electrons. The van der Waals surface area contributed by atoms with Gasteiger partial charge in [-0.2, -0.15) is 15.5 Å². The van der Waals surface area contributed by atoms with Gasteiger partial charge in [0.25, 0.3) is 5.91 Å².